The van der Waals surface area contributed by atoms with Crippen LogP contribution in [0.5, 0.6) is 5.75 Å². The molecule has 0 aliphatic rings. The quantitative estimate of drug-likeness (QED) is 0.311. The first kappa shape index (κ1) is 22.6. The number of hydrogen-bond donors (Lipinski definition) is 1. The van der Waals surface area contributed by atoms with Gasteiger partial charge in [0.2, 0.25) is 0 Å². The summed E-state index contributed by atoms with van der Waals surface area (Å²) in [4.78, 5) is 12.5. The number of amides is 1. The molecule has 0 radical (unpaired) electrons. The predicted octanol–water partition coefficient (Wildman–Crippen LogP) is 6.91. The molecular weight excluding hydrogens is 462 g/mol. The number of carbonyl (C=O) groups excluding carboxylic acids is 1. The smallest absolute Gasteiger partial charge is 0.266 e. The van der Waals surface area contributed by atoms with Crippen LogP contribution < -0.4 is 10.1 Å². The van der Waals surface area contributed by atoms with E-state index >= 15 is 0 Å². The standard InChI is InChI=1S/C23H14Cl3FN2O2/c24-17-4-6-20(7-5-17)29-23(30)16(12-28)9-15-10-18(25)11-21(26)22(15)31-13-14-2-1-3-19(27)8-14/h1-11H,13H2,(H,29,30)/b16-9+. The molecule has 1 N–H and O–H groups in total. The third-order valence-electron chi connectivity index (χ3n) is 4.08. The van der Waals surface area contributed by atoms with E-state index in [1.807, 2.05) is 6.07 Å². The fraction of sp³-hybridized carbons (Fsp3) is 0.0435. The number of halogens is 4. The number of carbonyl (C=O) groups is 1. The van der Waals surface area contributed by atoms with Crippen LogP contribution in [-0.4, -0.2) is 5.91 Å². The summed E-state index contributed by atoms with van der Waals surface area (Å²) < 4.78 is 19.2. The van der Waals surface area contributed by atoms with Crippen LogP contribution in [0.2, 0.25) is 15.1 Å². The zero-order chi connectivity index (χ0) is 22.4. The molecule has 0 spiro atoms. The van der Waals surface area contributed by atoms with Gasteiger partial charge in [-0.05, 0) is 60.2 Å². The normalized spacial score (nSPS) is 11.0. The van der Waals surface area contributed by atoms with Crippen LogP contribution in [0, 0.1) is 17.1 Å². The summed E-state index contributed by atoms with van der Waals surface area (Å²) in [5.41, 5.74) is 1.20. The number of nitriles is 1. The van der Waals surface area contributed by atoms with Crippen molar-refractivity contribution in [3.8, 4) is 11.8 Å². The van der Waals surface area contributed by atoms with Crippen molar-refractivity contribution in [2.45, 2.75) is 6.61 Å². The van der Waals surface area contributed by atoms with Crippen molar-refractivity contribution in [2.24, 2.45) is 0 Å². The molecule has 31 heavy (non-hydrogen) atoms. The Balaban J connectivity index is 1.88. The highest BCUT2D eigenvalue weighted by Crippen LogP contribution is 2.34. The number of rotatable bonds is 6. The van der Waals surface area contributed by atoms with Gasteiger partial charge in [0, 0.05) is 21.3 Å². The highest BCUT2D eigenvalue weighted by Gasteiger charge is 2.15. The molecule has 0 saturated carbocycles. The second kappa shape index (κ2) is 10.3. The third-order valence-corrected chi connectivity index (χ3v) is 4.83. The van der Waals surface area contributed by atoms with E-state index in [9.17, 15) is 14.4 Å². The van der Waals surface area contributed by atoms with Gasteiger partial charge < -0.3 is 10.1 Å². The van der Waals surface area contributed by atoms with Crippen LogP contribution in [0.15, 0.2) is 66.2 Å². The molecule has 0 aliphatic carbocycles. The van der Waals surface area contributed by atoms with Crippen molar-refractivity contribution >= 4 is 52.5 Å². The lowest BCUT2D eigenvalue weighted by atomic mass is 10.1. The van der Waals surface area contributed by atoms with Crippen LogP contribution in [-0.2, 0) is 11.4 Å². The summed E-state index contributed by atoms with van der Waals surface area (Å²) in [5, 5.41) is 13.1. The molecule has 0 unspecified atom stereocenters. The van der Waals surface area contributed by atoms with E-state index in [4.69, 9.17) is 39.5 Å². The summed E-state index contributed by atoms with van der Waals surface area (Å²) in [5.74, 6) is -0.812. The molecule has 0 heterocycles. The molecule has 4 nitrogen and oxygen atoms in total. The van der Waals surface area contributed by atoms with Gasteiger partial charge in [-0.3, -0.25) is 4.79 Å². The summed E-state index contributed by atoms with van der Waals surface area (Å²) >= 11 is 18.2. The monoisotopic (exact) mass is 474 g/mol. The van der Waals surface area contributed by atoms with Gasteiger partial charge in [-0.15, -0.1) is 0 Å². The second-order valence-corrected chi connectivity index (χ2v) is 7.64. The summed E-state index contributed by atoms with van der Waals surface area (Å²) in [6.07, 6.45) is 1.32. The number of hydrogen-bond acceptors (Lipinski definition) is 3. The number of ether oxygens (including phenoxy) is 1. The molecule has 8 heteroatoms. The lowest BCUT2D eigenvalue weighted by Gasteiger charge is -2.13. The van der Waals surface area contributed by atoms with E-state index in [0.717, 1.165) is 0 Å². The Labute approximate surface area is 193 Å². The third kappa shape index (κ3) is 6.22. The molecule has 1 amide bonds. The van der Waals surface area contributed by atoms with Crippen LogP contribution in [0.3, 0.4) is 0 Å². The molecule has 0 saturated heterocycles. The second-order valence-electron chi connectivity index (χ2n) is 6.36. The number of benzene rings is 3. The van der Waals surface area contributed by atoms with Crippen LogP contribution in [0.25, 0.3) is 6.08 Å². The van der Waals surface area contributed by atoms with E-state index in [2.05, 4.69) is 5.32 Å². The first-order valence-corrected chi connectivity index (χ1v) is 10.0. The van der Waals surface area contributed by atoms with Gasteiger partial charge in [0.15, 0.2) is 0 Å². The Morgan fingerprint density at radius 2 is 1.81 bits per heavy atom. The van der Waals surface area contributed by atoms with Crippen molar-refractivity contribution in [1.29, 1.82) is 5.26 Å². The maximum atomic E-state index is 13.4. The van der Waals surface area contributed by atoms with Crippen molar-refractivity contribution in [2.75, 3.05) is 5.32 Å². The Kier molecular flexibility index (Phi) is 7.54. The first-order valence-electron chi connectivity index (χ1n) is 8.90. The highest BCUT2D eigenvalue weighted by molar-refractivity contribution is 6.36. The topological polar surface area (TPSA) is 62.1 Å². The van der Waals surface area contributed by atoms with Gasteiger partial charge in [0.25, 0.3) is 5.91 Å². The predicted molar refractivity (Wildman–Crippen MR) is 121 cm³/mol. The molecule has 3 aromatic rings. The summed E-state index contributed by atoms with van der Waals surface area (Å²) in [6, 6.07) is 17.2. The Morgan fingerprint density at radius 3 is 2.48 bits per heavy atom. The SMILES string of the molecule is N#C/C(=C\c1cc(Cl)cc(Cl)c1OCc1cccc(F)c1)C(=O)Nc1ccc(Cl)cc1. The fourth-order valence-corrected chi connectivity index (χ4v) is 3.35. The molecule has 3 rings (SSSR count). The van der Waals surface area contributed by atoms with E-state index in [1.165, 1.54) is 30.3 Å². The van der Waals surface area contributed by atoms with Gasteiger partial charge in [-0.1, -0.05) is 46.9 Å². The molecular formula is C23H14Cl3FN2O2. The molecule has 3 aromatic carbocycles. The van der Waals surface area contributed by atoms with Crippen molar-refractivity contribution in [3.05, 3.63) is 98.2 Å². The zero-order valence-electron chi connectivity index (χ0n) is 15.8. The van der Waals surface area contributed by atoms with Gasteiger partial charge >= 0.3 is 0 Å². The molecule has 0 bridgehead atoms. The maximum Gasteiger partial charge on any atom is 0.266 e. The Bertz CT molecular complexity index is 1190. The van der Waals surface area contributed by atoms with E-state index < -0.39 is 11.7 Å². The lowest BCUT2D eigenvalue weighted by molar-refractivity contribution is -0.112. The van der Waals surface area contributed by atoms with Crippen LogP contribution in [0.4, 0.5) is 10.1 Å². The largest absolute Gasteiger partial charge is 0.487 e. The van der Waals surface area contributed by atoms with Gasteiger partial charge in [0.05, 0.1) is 5.02 Å². The maximum absolute atomic E-state index is 13.4. The summed E-state index contributed by atoms with van der Waals surface area (Å²) in [6.45, 7) is 0.0266. The molecule has 0 aromatic heterocycles. The molecule has 0 aliphatic heterocycles. The average Bonchev–Trinajstić information content (AvgIpc) is 2.72. The van der Waals surface area contributed by atoms with Crippen molar-refractivity contribution in [1.82, 2.24) is 0 Å². The van der Waals surface area contributed by atoms with Gasteiger partial charge in [-0.2, -0.15) is 5.26 Å². The van der Waals surface area contributed by atoms with Gasteiger partial charge in [0.1, 0.15) is 29.8 Å². The minimum atomic E-state index is -0.628. The van der Waals surface area contributed by atoms with Crippen molar-refractivity contribution in [3.63, 3.8) is 0 Å². The van der Waals surface area contributed by atoms with E-state index in [-0.39, 0.29) is 23.0 Å². The Hall–Kier alpha value is -3.04. The van der Waals surface area contributed by atoms with Crippen LogP contribution >= 0.6 is 34.8 Å². The minimum Gasteiger partial charge on any atom is -0.487 e. The fourth-order valence-electron chi connectivity index (χ4n) is 2.66. The lowest BCUT2D eigenvalue weighted by Crippen LogP contribution is -2.13. The van der Waals surface area contributed by atoms with Crippen molar-refractivity contribution < 1.29 is 13.9 Å². The zero-order valence-corrected chi connectivity index (χ0v) is 18.1. The minimum absolute atomic E-state index is 0.0266. The average molecular weight is 476 g/mol. The van der Waals surface area contributed by atoms with E-state index in [0.29, 0.717) is 26.9 Å². The first-order chi connectivity index (χ1) is 14.9. The highest BCUT2D eigenvalue weighted by atomic mass is 35.5. The molecule has 0 atom stereocenters. The molecule has 0 fully saturated rings. The Morgan fingerprint density at radius 1 is 1.06 bits per heavy atom. The number of nitrogens with zero attached hydrogens (tertiary/aromatic N) is 1. The van der Waals surface area contributed by atoms with Crippen LogP contribution in [0.1, 0.15) is 11.1 Å². The number of anilines is 1. The van der Waals surface area contributed by atoms with E-state index in [1.54, 1.807) is 36.4 Å². The summed E-state index contributed by atoms with van der Waals surface area (Å²) in [7, 11) is 0. The number of nitrogens with one attached hydrogen (secondary N) is 1. The van der Waals surface area contributed by atoms with Gasteiger partial charge in [-0.25, -0.2) is 4.39 Å². The molecule has 156 valence electrons.